The molecule has 5 nitrogen and oxygen atoms in total. The second-order valence-electron chi connectivity index (χ2n) is 3.59. The lowest BCUT2D eigenvalue weighted by molar-refractivity contribution is 0.326. The van der Waals surface area contributed by atoms with Crippen LogP contribution in [0.5, 0.6) is 0 Å². The van der Waals surface area contributed by atoms with E-state index in [2.05, 4.69) is 31.9 Å². The number of aromatic nitrogens is 3. The summed E-state index contributed by atoms with van der Waals surface area (Å²) in [7, 11) is 0. The van der Waals surface area contributed by atoms with Gasteiger partial charge in [0.15, 0.2) is 10.9 Å². The summed E-state index contributed by atoms with van der Waals surface area (Å²) in [6, 6.07) is 0. The van der Waals surface area contributed by atoms with E-state index in [1.165, 1.54) is 0 Å². The van der Waals surface area contributed by atoms with E-state index in [1.807, 2.05) is 0 Å². The topological polar surface area (TPSA) is 46.0 Å². The Balaban J connectivity index is 1.94. The molecule has 1 N–H and O–H groups in total. The van der Waals surface area contributed by atoms with Crippen molar-refractivity contribution in [2.75, 3.05) is 13.1 Å². The van der Waals surface area contributed by atoms with Crippen molar-refractivity contribution >= 4 is 17.3 Å². The Morgan fingerprint density at radius 2 is 2.47 bits per heavy atom. The second-order valence-corrected chi connectivity index (χ2v) is 3.98. The number of hydrogen-bond acceptors (Lipinski definition) is 3. The van der Waals surface area contributed by atoms with Crippen LogP contribution in [0, 0.1) is 0 Å². The van der Waals surface area contributed by atoms with E-state index in [0.717, 1.165) is 43.5 Å². The van der Waals surface area contributed by atoms with Crippen molar-refractivity contribution in [1.82, 2.24) is 25.0 Å². The highest BCUT2D eigenvalue weighted by atomic mass is 32.1. The minimum atomic E-state index is 0.759. The molecule has 1 aromatic heterocycles. The predicted molar refractivity (Wildman–Crippen MR) is 61.3 cm³/mol. The zero-order valence-electron chi connectivity index (χ0n) is 8.81. The molecule has 82 valence electrons. The lowest BCUT2D eigenvalue weighted by atomic mass is 10.4. The maximum absolute atomic E-state index is 5.30. The third-order valence-corrected chi connectivity index (χ3v) is 2.85. The summed E-state index contributed by atoms with van der Waals surface area (Å²) in [4.78, 5) is 2.13. The van der Waals surface area contributed by atoms with Crippen LogP contribution in [0.2, 0.25) is 0 Å². The first-order chi connectivity index (χ1) is 7.31. The summed E-state index contributed by atoms with van der Waals surface area (Å²) < 4.78 is 2.07. The van der Waals surface area contributed by atoms with Gasteiger partial charge in [0.2, 0.25) is 0 Å². The van der Waals surface area contributed by atoms with Crippen molar-refractivity contribution in [3.63, 3.8) is 0 Å². The fraction of sp³-hybridized carbons (Fsp3) is 0.667. The number of hydrogen-bond donors (Lipinski definition) is 1. The first-order valence-corrected chi connectivity index (χ1v) is 5.61. The van der Waals surface area contributed by atoms with Gasteiger partial charge in [-0.05, 0) is 18.6 Å². The van der Waals surface area contributed by atoms with Crippen LogP contribution >= 0.6 is 12.2 Å². The highest BCUT2D eigenvalue weighted by molar-refractivity contribution is 7.80. The molecule has 0 bridgehead atoms. The Morgan fingerprint density at radius 3 is 3.27 bits per heavy atom. The van der Waals surface area contributed by atoms with Gasteiger partial charge in [-0.1, -0.05) is 6.92 Å². The summed E-state index contributed by atoms with van der Waals surface area (Å²) in [5.74, 6) is 0.988. The van der Waals surface area contributed by atoms with Crippen molar-refractivity contribution in [3.05, 3.63) is 12.2 Å². The molecular formula is C9H15N5S. The lowest BCUT2D eigenvalue weighted by Gasteiger charge is -2.29. The van der Waals surface area contributed by atoms with Crippen LogP contribution in [0.1, 0.15) is 19.2 Å². The van der Waals surface area contributed by atoms with Crippen LogP contribution in [-0.2, 0) is 13.1 Å². The van der Waals surface area contributed by atoms with E-state index in [4.69, 9.17) is 12.2 Å². The molecule has 0 spiro atoms. The van der Waals surface area contributed by atoms with Gasteiger partial charge < -0.3 is 14.8 Å². The van der Waals surface area contributed by atoms with E-state index < -0.39 is 0 Å². The average Bonchev–Trinajstić information content (AvgIpc) is 2.72. The van der Waals surface area contributed by atoms with Gasteiger partial charge in [-0.3, -0.25) is 0 Å². The predicted octanol–water partition coefficient (Wildman–Crippen LogP) is 0.378. The molecule has 0 aliphatic carbocycles. The molecule has 15 heavy (non-hydrogen) atoms. The molecule has 0 saturated heterocycles. The molecule has 6 heteroatoms. The van der Waals surface area contributed by atoms with Gasteiger partial charge in [-0.2, -0.15) is 0 Å². The maximum Gasteiger partial charge on any atom is 0.169 e. The quantitative estimate of drug-likeness (QED) is 0.737. The Morgan fingerprint density at radius 1 is 1.60 bits per heavy atom. The Bertz CT molecular complexity index is 348. The Labute approximate surface area is 94.5 Å². The van der Waals surface area contributed by atoms with Crippen molar-refractivity contribution < 1.29 is 0 Å². The molecule has 0 fully saturated rings. The standard InChI is InChI=1S/C9H15N5S/c1-2-3-10-9(15)13-4-5-14-7-11-12-8(14)6-13/h7H,2-6H2,1H3,(H,10,15). The first-order valence-electron chi connectivity index (χ1n) is 5.20. The monoisotopic (exact) mass is 225 g/mol. The van der Waals surface area contributed by atoms with Crippen LogP contribution in [0.15, 0.2) is 6.33 Å². The summed E-state index contributed by atoms with van der Waals surface area (Å²) in [6.07, 6.45) is 2.86. The SMILES string of the molecule is CCCNC(=S)N1CCn2cnnc2C1. The Kier molecular flexibility index (Phi) is 3.15. The second kappa shape index (κ2) is 4.57. The largest absolute Gasteiger partial charge is 0.363 e. The van der Waals surface area contributed by atoms with Crippen LogP contribution in [-0.4, -0.2) is 37.9 Å². The number of rotatable bonds is 2. The number of nitrogens with zero attached hydrogens (tertiary/aromatic N) is 4. The van der Waals surface area contributed by atoms with Crippen molar-refractivity contribution in [2.45, 2.75) is 26.4 Å². The zero-order valence-corrected chi connectivity index (χ0v) is 9.63. The highest BCUT2D eigenvalue weighted by Gasteiger charge is 2.18. The third-order valence-electron chi connectivity index (χ3n) is 2.45. The van der Waals surface area contributed by atoms with Crippen LogP contribution in [0.3, 0.4) is 0 Å². The summed E-state index contributed by atoms with van der Waals surface area (Å²) in [5, 5.41) is 12.0. The molecule has 1 aliphatic heterocycles. The fourth-order valence-electron chi connectivity index (χ4n) is 1.58. The first kappa shape index (κ1) is 10.4. The zero-order chi connectivity index (χ0) is 10.7. The van der Waals surface area contributed by atoms with Crippen LogP contribution < -0.4 is 5.32 Å². The van der Waals surface area contributed by atoms with Crippen molar-refractivity contribution in [1.29, 1.82) is 0 Å². The molecule has 0 atom stereocenters. The fourth-order valence-corrected chi connectivity index (χ4v) is 1.84. The highest BCUT2D eigenvalue weighted by Crippen LogP contribution is 2.08. The van der Waals surface area contributed by atoms with Gasteiger partial charge in [0.05, 0.1) is 6.54 Å². The van der Waals surface area contributed by atoms with E-state index in [-0.39, 0.29) is 0 Å². The summed E-state index contributed by atoms with van der Waals surface area (Å²) in [6.45, 7) is 5.66. The molecule has 1 aromatic rings. The molecule has 0 radical (unpaired) electrons. The minimum absolute atomic E-state index is 0.759. The van der Waals surface area contributed by atoms with E-state index in [1.54, 1.807) is 6.33 Å². The molecule has 0 saturated carbocycles. The van der Waals surface area contributed by atoms with Gasteiger partial charge in [0.1, 0.15) is 6.33 Å². The van der Waals surface area contributed by atoms with Gasteiger partial charge in [0, 0.05) is 19.6 Å². The normalized spacial score (nSPS) is 14.9. The van der Waals surface area contributed by atoms with Crippen LogP contribution in [0.4, 0.5) is 0 Å². The van der Waals surface area contributed by atoms with E-state index in [0.29, 0.717) is 0 Å². The minimum Gasteiger partial charge on any atom is -0.363 e. The molecule has 0 aromatic carbocycles. The lowest BCUT2D eigenvalue weighted by Crippen LogP contribution is -2.44. The van der Waals surface area contributed by atoms with Gasteiger partial charge >= 0.3 is 0 Å². The smallest absolute Gasteiger partial charge is 0.169 e. The van der Waals surface area contributed by atoms with Crippen LogP contribution in [0.25, 0.3) is 0 Å². The van der Waals surface area contributed by atoms with Gasteiger partial charge in [0.25, 0.3) is 0 Å². The molecule has 0 unspecified atom stereocenters. The van der Waals surface area contributed by atoms with Crippen molar-refractivity contribution in [2.24, 2.45) is 0 Å². The number of nitrogens with one attached hydrogen (secondary N) is 1. The van der Waals surface area contributed by atoms with Gasteiger partial charge in [-0.15, -0.1) is 10.2 Å². The maximum atomic E-state index is 5.30. The van der Waals surface area contributed by atoms with E-state index in [9.17, 15) is 0 Å². The molecule has 0 amide bonds. The number of fused-ring (bicyclic) bond motifs is 1. The van der Waals surface area contributed by atoms with E-state index >= 15 is 0 Å². The molecule has 1 aliphatic rings. The van der Waals surface area contributed by atoms with Gasteiger partial charge in [-0.25, -0.2) is 0 Å². The third kappa shape index (κ3) is 2.26. The summed E-state index contributed by atoms with van der Waals surface area (Å²) in [5.41, 5.74) is 0. The van der Waals surface area contributed by atoms with Crippen molar-refractivity contribution in [3.8, 4) is 0 Å². The summed E-state index contributed by atoms with van der Waals surface area (Å²) >= 11 is 5.30. The molecule has 2 heterocycles. The molecular weight excluding hydrogens is 210 g/mol. The average molecular weight is 225 g/mol. The number of thiocarbonyl (C=S) groups is 1. The Hall–Kier alpha value is -1.17. The molecule has 2 rings (SSSR count).